The number of pyridine rings is 2. The van der Waals surface area contributed by atoms with Gasteiger partial charge in [0.1, 0.15) is 34.8 Å². The molecule has 0 unspecified atom stereocenters. The van der Waals surface area contributed by atoms with Crippen LogP contribution in [0.3, 0.4) is 0 Å². The molecule has 0 spiro atoms. The number of hydrogen-bond acceptors (Lipinski definition) is 10. The van der Waals surface area contributed by atoms with Crippen LogP contribution < -0.4 is 37.0 Å². The zero-order chi connectivity index (χ0) is 50.8. The van der Waals surface area contributed by atoms with E-state index in [2.05, 4.69) is 20.6 Å². The van der Waals surface area contributed by atoms with E-state index in [0.717, 1.165) is 36.0 Å². The number of primary amides is 2. The number of hydrogen-bond donors (Lipinski definition) is 6. The molecule has 4 amide bonds. The van der Waals surface area contributed by atoms with Gasteiger partial charge >= 0.3 is 7.12 Å². The number of nitrogens with zero attached hydrogens (tertiary/aromatic N) is 2. The van der Waals surface area contributed by atoms with Crippen molar-refractivity contribution < 1.29 is 56.3 Å². The molecule has 0 aliphatic carbocycles. The van der Waals surface area contributed by atoms with Crippen LogP contribution in [0.5, 0.6) is 11.5 Å². The van der Waals surface area contributed by atoms with Crippen LogP contribution in [-0.2, 0) is 10.8 Å². The molecule has 20 heteroatoms. The van der Waals surface area contributed by atoms with Crippen molar-refractivity contribution in [1.29, 1.82) is 0 Å². The highest BCUT2D eigenvalue weighted by molar-refractivity contribution is 6.59. The molecule has 4 aromatic carbocycles. The van der Waals surface area contributed by atoms with Gasteiger partial charge in [0.05, 0.1) is 41.5 Å². The molecule has 0 radical (unpaired) electrons. The van der Waals surface area contributed by atoms with Crippen LogP contribution in [0.2, 0.25) is 5.02 Å². The Balaban J connectivity index is 0.000000245. The zero-order valence-electron chi connectivity index (χ0n) is 38.1. The number of anilines is 2. The third kappa shape index (κ3) is 13.8. The van der Waals surface area contributed by atoms with E-state index < -0.39 is 54.0 Å². The molecule has 0 aliphatic rings. The summed E-state index contributed by atoms with van der Waals surface area (Å²) >= 11 is 6.17. The molecule has 0 saturated heterocycles. The van der Waals surface area contributed by atoms with Crippen LogP contribution in [0, 0.1) is 23.3 Å². The highest BCUT2D eigenvalue weighted by Crippen LogP contribution is 2.36. The molecule has 2 aromatic heterocycles. The zero-order valence-corrected chi connectivity index (χ0v) is 38.9. The minimum Gasteiger partial charge on any atom is -0.497 e. The maximum atomic E-state index is 13.8. The molecule has 14 nitrogen and oxygen atoms in total. The molecule has 68 heavy (non-hydrogen) atoms. The number of aromatic nitrogens is 2. The van der Waals surface area contributed by atoms with Gasteiger partial charge in [-0.15, -0.1) is 0 Å². The summed E-state index contributed by atoms with van der Waals surface area (Å²) in [6, 6.07) is 18.0. The predicted molar refractivity (Wildman–Crippen MR) is 251 cm³/mol. The van der Waals surface area contributed by atoms with Gasteiger partial charge in [0.2, 0.25) is 0 Å². The molecule has 0 saturated carbocycles. The van der Waals surface area contributed by atoms with Gasteiger partial charge in [-0.1, -0.05) is 59.2 Å². The summed E-state index contributed by atoms with van der Waals surface area (Å²) in [7, 11) is 1.11. The molecule has 0 aliphatic heterocycles. The van der Waals surface area contributed by atoms with E-state index >= 15 is 0 Å². The number of methoxy groups -OCH3 is 2. The van der Waals surface area contributed by atoms with E-state index in [1.807, 2.05) is 41.5 Å². The molecule has 0 bridgehead atoms. The number of nitrogens with two attached hydrogens (primary N) is 2. The predicted octanol–water partition coefficient (Wildman–Crippen LogP) is 7.72. The fourth-order valence-corrected chi connectivity index (χ4v) is 6.28. The molecule has 6 rings (SSSR count). The van der Waals surface area contributed by atoms with Crippen molar-refractivity contribution in [2.75, 3.05) is 24.9 Å². The second-order valence-electron chi connectivity index (χ2n) is 16.8. The van der Waals surface area contributed by atoms with Crippen LogP contribution in [-0.4, -0.2) is 65.0 Å². The average molecular weight is 959 g/mol. The van der Waals surface area contributed by atoms with Crippen molar-refractivity contribution in [2.24, 2.45) is 11.5 Å². The second-order valence-corrected chi connectivity index (χ2v) is 17.2. The maximum absolute atomic E-state index is 13.8. The molecule has 0 atom stereocenters. The first-order chi connectivity index (χ1) is 31.7. The molecule has 0 fully saturated rings. The summed E-state index contributed by atoms with van der Waals surface area (Å²) in [5, 5.41) is 23.0. The summed E-state index contributed by atoms with van der Waals surface area (Å²) in [6.07, 6.45) is 2.81. The molecular weight excluding hydrogens is 911 g/mol. The topological polar surface area (TPSA) is 229 Å². The lowest BCUT2D eigenvalue weighted by Crippen LogP contribution is -2.31. The summed E-state index contributed by atoms with van der Waals surface area (Å²) in [4.78, 5) is 56.7. The standard InChI is InChI=1S/C24H23F2N3O3.C17H17ClFN3O2.C7H8BFO3/c1-24(2,3)21-11-16(15-7-5-13(25)9-20(15)32-4)18(12-28-21)23(31)29-14-6-8-19(26)17(10-14)22(27)30;1-17(2,3)14-7-12(18)11(8-21-14)16(24)22-9-4-5-13(19)10(6-9)15(20)23;1-12-7-4-5(9)2-3-6(7)8(10)11/h5-12H,1-4H3,(H2,27,30)(H,29,31);4-8H,1-3H3,(H2,20,23)(H,22,24);2-4,10-11H,1H3. The number of carbonyl (C=O) groups is 4. The maximum Gasteiger partial charge on any atom is 0.492 e. The summed E-state index contributed by atoms with van der Waals surface area (Å²) in [5.41, 5.74) is 12.5. The summed E-state index contributed by atoms with van der Waals surface area (Å²) < 4.78 is 63.6. The SMILES string of the molecule is CC(C)(C)c1cc(Cl)c(C(=O)Nc2ccc(F)c(C(N)=O)c2)cn1.COc1cc(F)ccc1-c1cc(C(C)(C)C)ncc1C(=O)Nc1ccc(F)c(C(N)=O)c1.COc1cc(F)ccc1B(O)O. The van der Waals surface area contributed by atoms with E-state index in [1.54, 1.807) is 12.1 Å². The Kier molecular flexibility index (Phi) is 17.6. The Morgan fingerprint density at radius 1 is 0.588 bits per heavy atom. The third-order valence-electron chi connectivity index (χ3n) is 9.69. The van der Waals surface area contributed by atoms with Crippen LogP contribution >= 0.6 is 11.6 Å². The van der Waals surface area contributed by atoms with Crippen molar-refractivity contribution in [2.45, 2.75) is 52.4 Å². The number of benzene rings is 4. The van der Waals surface area contributed by atoms with Crippen molar-refractivity contribution >= 4 is 59.2 Å². The van der Waals surface area contributed by atoms with Gasteiger partial charge in [-0.2, -0.15) is 0 Å². The minimum absolute atomic E-state index is 0.130. The molecule has 6 aromatic rings. The van der Waals surface area contributed by atoms with Gasteiger partial charge in [0.15, 0.2) is 0 Å². The first-order valence-electron chi connectivity index (χ1n) is 20.3. The minimum atomic E-state index is -1.64. The van der Waals surface area contributed by atoms with Crippen LogP contribution in [0.15, 0.2) is 97.3 Å². The monoisotopic (exact) mass is 958 g/mol. The van der Waals surface area contributed by atoms with Crippen LogP contribution in [0.1, 0.15) is 94.4 Å². The lowest BCUT2D eigenvalue weighted by molar-refractivity contribution is 0.0987. The smallest absolute Gasteiger partial charge is 0.492 e. The van der Waals surface area contributed by atoms with E-state index in [0.29, 0.717) is 16.8 Å². The fourth-order valence-electron chi connectivity index (χ4n) is 6.04. The Morgan fingerprint density at radius 2 is 1.03 bits per heavy atom. The van der Waals surface area contributed by atoms with E-state index in [9.17, 15) is 36.7 Å². The second kappa shape index (κ2) is 22.4. The number of nitrogens with one attached hydrogen (secondary N) is 2. The summed E-state index contributed by atoms with van der Waals surface area (Å²) in [6.45, 7) is 11.9. The Morgan fingerprint density at radius 3 is 1.47 bits per heavy atom. The van der Waals surface area contributed by atoms with Crippen molar-refractivity contribution in [3.8, 4) is 22.6 Å². The van der Waals surface area contributed by atoms with Crippen molar-refractivity contribution in [3.05, 3.63) is 159 Å². The summed E-state index contributed by atoms with van der Waals surface area (Å²) in [5.74, 6) is -5.06. The molecule has 356 valence electrons. The quantitative estimate of drug-likeness (QED) is 0.0578. The Hall–Kier alpha value is -7.35. The Labute approximate surface area is 394 Å². The first kappa shape index (κ1) is 53.3. The highest BCUT2D eigenvalue weighted by atomic mass is 35.5. The first-order valence-corrected chi connectivity index (χ1v) is 20.6. The van der Waals surface area contributed by atoms with Gasteiger partial charge in [-0.3, -0.25) is 29.1 Å². The normalized spacial score (nSPS) is 10.9. The fraction of sp³-hybridized carbons (Fsp3) is 0.208. The molecule has 8 N–H and O–H groups in total. The van der Waals surface area contributed by atoms with E-state index in [-0.39, 0.29) is 66.4 Å². The highest BCUT2D eigenvalue weighted by Gasteiger charge is 2.24. The number of halogens is 5. The van der Waals surface area contributed by atoms with Gasteiger partial charge in [0, 0.05) is 74.7 Å². The van der Waals surface area contributed by atoms with Crippen LogP contribution in [0.25, 0.3) is 11.1 Å². The van der Waals surface area contributed by atoms with E-state index in [1.165, 1.54) is 69.1 Å². The van der Waals surface area contributed by atoms with Crippen molar-refractivity contribution in [3.63, 3.8) is 0 Å². The van der Waals surface area contributed by atoms with Gasteiger partial charge in [-0.25, -0.2) is 17.6 Å². The van der Waals surface area contributed by atoms with Crippen LogP contribution in [0.4, 0.5) is 28.9 Å². The van der Waals surface area contributed by atoms with Crippen molar-refractivity contribution in [1.82, 2.24) is 9.97 Å². The number of carbonyl (C=O) groups excluding carboxylic acids is 4. The van der Waals surface area contributed by atoms with Gasteiger partial charge < -0.3 is 41.6 Å². The molecule has 2 heterocycles. The lowest BCUT2D eigenvalue weighted by Gasteiger charge is -2.21. The number of amides is 4. The van der Waals surface area contributed by atoms with Gasteiger partial charge in [0.25, 0.3) is 23.6 Å². The lowest BCUT2D eigenvalue weighted by atomic mass is 9.79. The largest absolute Gasteiger partial charge is 0.497 e. The third-order valence-corrected chi connectivity index (χ3v) is 10.0. The van der Waals surface area contributed by atoms with E-state index in [4.69, 9.17) is 42.6 Å². The van der Waals surface area contributed by atoms with Gasteiger partial charge in [-0.05, 0) is 66.7 Å². The Bertz CT molecular complexity index is 2860. The number of rotatable bonds is 10. The molecular formula is C48H48BClF4N6O8. The average Bonchev–Trinajstić information content (AvgIpc) is 3.26. The number of ether oxygens (including phenoxy) is 2.